The van der Waals surface area contributed by atoms with E-state index >= 15 is 0 Å². The van der Waals surface area contributed by atoms with Gasteiger partial charge in [-0.25, -0.2) is 12.8 Å². The average Bonchev–Trinajstić information content (AvgIpc) is 2.15. The molecule has 84 valence electrons. The summed E-state index contributed by atoms with van der Waals surface area (Å²) in [5.74, 6) is 0.106. The lowest BCUT2D eigenvalue weighted by atomic mass is 10.1. The van der Waals surface area contributed by atoms with Gasteiger partial charge in [0.1, 0.15) is 16.8 Å². The first kappa shape index (κ1) is 12.3. The van der Waals surface area contributed by atoms with E-state index in [2.05, 4.69) is 0 Å². The van der Waals surface area contributed by atoms with Gasteiger partial charge >= 0.3 is 0 Å². The fourth-order valence-corrected chi connectivity index (χ4v) is 2.16. The maximum absolute atomic E-state index is 13.0. The third kappa shape index (κ3) is 2.82. The van der Waals surface area contributed by atoms with Gasteiger partial charge in [0.2, 0.25) is 0 Å². The Bertz CT molecular complexity index is 456. The van der Waals surface area contributed by atoms with Crippen molar-refractivity contribution in [3.05, 3.63) is 23.8 Å². The minimum atomic E-state index is -3.92. The summed E-state index contributed by atoms with van der Waals surface area (Å²) in [6.45, 7) is 1.31. The van der Waals surface area contributed by atoms with E-state index < -0.39 is 15.2 Å². The van der Waals surface area contributed by atoms with Crippen LogP contribution in [0.2, 0.25) is 0 Å². The molecule has 0 radical (unpaired) electrons. The Balaban J connectivity index is 3.39. The second-order valence-electron chi connectivity index (χ2n) is 2.96. The molecule has 0 aromatic heterocycles. The van der Waals surface area contributed by atoms with Crippen LogP contribution in [0.25, 0.3) is 0 Å². The highest BCUT2D eigenvalue weighted by Gasteiger charge is 2.18. The summed E-state index contributed by atoms with van der Waals surface area (Å²) in [5, 5.41) is 0. The van der Waals surface area contributed by atoms with Gasteiger partial charge in [-0.3, -0.25) is 0 Å². The number of ether oxygens (including phenoxy) is 1. The quantitative estimate of drug-likeness (QED) is 0.777. The summed E-state index contributed by atoms with van der Waals surface area (Å²) in [7, 11) is 2.59. The van der Waals surface area contributed by atoms with Crippen LogP contribution in [0.4, 0.5) is 4.39 Å². The van der Waals surface area contributed by atoms with Crippen molar-refractivity contribution in [3.8, 4) is 5.75 Å². The molecule has 0 spiro atoms. The molecule has 0 aliphatic heterocycles. The van der Waals surface area contributed by atoms with Crippen LogP contribution in [-0.2, 0) is 9.05 Å². The van der Waals surface area contributed by atoms with Gasteiger partial charge in [-0.2, -0.15) is 0 Å². The molecule has 0 saturated heterocycles. The molecule has 3 nitrogen and oxygen atoms in total. The van der Waals surface area contributed by atoms with Crippen LogP contribution in [0.3, 0.4) is 0 Å². The van der Waals surface area contributed by atoms with Gasteiger partial charge in [-0.05, 0) is 24.6 Å². The molecular weight excluding hydrogens is 243 g/mol. The molecule has 6 heteroatoms. The maximum atomic E-state index is 13.0. The van der Waals surface area contributed by atoms with Crippen molar-refractivity contribution >= 4 is 19.7 Å². The van der Waals surface area contributed by atoms with Gasteiger partial charge in [-0.15, -0.1) is 0 Å². The number of rotatable bonds is 3. The topological polar surface area (TPSA) is 43.4 Å². The zero-order valence-corrected chi connectivity index (χ0v) is 9.77. The van der Waals surface area contributed by atoms with Crippen molar-refractivity contribution in [1.82, 2.24) is 0 Å². The zero-order chi connectivity index (χ0) is 11.6. The van der Waals surface area contributed by atoms with Gasteiger partial charge in [0.25, 0.3) is 9.05 Å². The normalized spacial score (nSPS) is 13.6. The number of alkyl halides is 1. The molecule has 0 N–H and O–H groups in total. The molecule has 1 aromatic carbocycles. The van der Waals surface area contributed by atoms with Crippen molar-refractivity contribution in [1.29, 1.82) is 0 Å². The Hall–Kier alpha value is -0.810. The molecule has 0 bridgehead atoms. The highest BCUT2D eigenvalue weighted by Crippen LogP contribution is 2.30. The van der Waals surface area contributed by atoms with E-state index in [0.717, 1.165) is 0 Å². The highest BCUT2D eigenvalue weighted by atomic mass is 35.7. The van der Waals surface area contributed by atoms with Crippen molar-refractivity contribution in [3.63, 3.8) is 0 Å². The maximum Gasteiger partial charge on any atom is 0.264 e. The lowest BCUT2D eigenvalue weighted by Gasteiger charge is -2.08. The summed E-state index contributed by atoms with van der Waals surface area (Å²) < 4.78 is 40.1. The second kappa shape index (κ2) is 4.37. The fraction of sp³-hybridized carbons (Fsp3) is 0.333. The first-order chi connectivity index (χ1) is 6.86. The highest BCUT2D eigenvalue weighted by molar-refractivity contribution is 8.13. The molecule has 1 atom stereocenters. The number of methoxy groups -OCH3 is 1. The third-order valence-corrected chi connectivity index (χ3v) is 3.25. The Morgan fingerprint density at radius 3 is 2.47 bits per heavy atom. The van der Waals surface area contributed by atoms with Crippen molar-refractivity contribution in [2.24, 2.45) is 0 Å². The number of halogens is 2. The summed E-state index contributed by atoms with van der Waals surface area (Å²) >= 11 is 0. The third-order valence-electron chi connectivity index (χ3n) is 1.91. The predicted molar refractivity (Wildman–Crippen MR) is 55.6 cm³/mol. The summed E-state index contributed by atoms with van der Waals surface area (Å²) in [4.78, 5) is -0.214. The predicted octanol–water partition coefficient (Wildman–Crippen LogP) is 2.65. The molecule has 15 heavy (non-hydrogen) atoms. The van der Waals surface area contributed by atoms with Crippen LogP contribution < -0.4 is 4.74 Å². The minimum absolute atomic E-state index is 0.106. The molecule has 0 amide bonds. The van der Waals surface area contributed by atoms with E-state index in [1.54, 1.807) is 0 Å². The average molecular weight is 253 g/mol. The van der Waals surface area contributed by atoms with Crippen LogP contribution in [-0.4, -0.2) is 15.5 Å². The van der Waals surface area contributed by atoms with Gasteiger partial charge in [0, 0.05) is 10.7 Å². The van der Waals surface area contributed by atoms with Gasteiger partial charge in [0.15, 0.2) is 0 Å². The largest absolute Gasteiger partial charge is 0.495 e. The number of hydrogen-bond donors (Lipinski definition) is 0. The van der Waals surface area contributed by atoms with Gasteiger partial charge in [0.05, 0.1) is 7.11 Å². The monoisotopic (exact) mass is 252 g/mol. The van der Waals surface area contributed by atoms with E-state index in [1.807, 2.05) is 0 Å². The Kier molecular flexibility index (Phi) is 3.57. The molecule has 1 rings (SSSR count). The molecule has 1 unspecified atom stereocenters. The molecule has 0 fully saturated rings. The Morgan fingerprint density at radius 1 is 1.47 bits per heavy atom. The smallest absolute Gasteiger partial charge is 0.264 e. The summed E-state index contributed by atoms with van der Waals surface area (Å²) in [5.41, 5.74) is 0.245. The van der Waals surface area contributed by atoms with E-state index in [-0.39, 0.29) is 16.2 Å². The lowest BCUT2D eigenvalue weighted by molar-refractivity contribution is 0.370. The molecule has 1 aromatic rings. The lowest BCUT2D eigenvalue weighted by Crippen LogP contribution is -1.98. The van der Waals surface area contributed by atoms with Crippen LogP contribution in [0, 0.1) is 0 Å². The van der Waals surface area contributed by atoms with Crippen LogP contribution >= 0.6 is 10.7 Å². The van der Waals surface area contributed by atoms with Crippen molar-refractivity contribution in [2.75, 3.05) is 7.11 Å². The summed E-state index contributed by atoms with van der Waals surface area (Å²) in [6, 6.07) is 4.00. The standard InChI is InChI=1S/C9H10ClFO3S/c1-6(11)7-3-4-8(14-2)9(5-7)15(10,12)13/h3-6H,1-2H3. The number of benzene rings is 1. The van der Waals surface area contributed by atoms with E-state index in [9.17, 15) is 12.8 Å². The van der Waals surface area contributed by atoms with Crippen molar-refractivity contribution < 1.29 is 17.5 Å². The van der Waals surface area contributed by atoms with Gasteiger partial charge in [-0.1, -0.05) is 6.07 Å². The first-order valence-electron chi connectivity index (χ1n) is 4.13. The van der Waals surface area contributed by atoms with Gasteiger partial charge < -0.3 is 4.74 Å². The van der Waals surface area contributed by atoms with E-state index in [4.69, 9.17) is 15.4 Å². The minimum Gasteiger partial charge on any atom is -0.495 e. The molecule has 0 aliphatic carbocycles. The molecule has 0 heterocycles. The SMILES string of the molecule is COc1ccc(C(C)F)cc1S(=O)(=O)Cl. The molecule has 0 saturated carbocycles. The zero-order valence-electron chi connectivity index (χ0n) is 8.20. The molecular formula is C9H10ClFO3S. The van der Waals surface area contributed by atoms with E-state index in [0.29, 0.717) is 0 Å². The van der Waals surface area contributed by atoms with Crippen LogP contribution in [0.1, 0.15) is 18.7 Å². The number of hydrogen-bond acceptors (Lipinski definition) is 3. The summed E-state index contributed by atoms with van der Waals surface area (Å²) in [6.07, 6.45) is -1.26. The fourth-order valence-electron chi connectivity index (χ4n) is 1.13. The van der Waals surface area contributed by atoms with Crippen LogP contribution in [0.5, 0.6) is 5.75 Å². The molecule has 0 aliphatic rings. The second-order valence-corrected chi connectivity index (χ2v) is 5.50. The Labute approximate surface area is 92.2 Å². The van der Waals surface area contributed by atoms with E-state index in [1.165, 1.54) is 32.2 Å². The van der Waals surface area contributed by atoms with Crippen LogP contribution in [0.15, 0.2) is 23.1 Å². The first-order valence-corrected chi connectivity index (χ1v) is 6.44. The van der Waals surface area contributed by atoms with Crippen molar-refractivity contribution in [2.45, 2.75) is 18.0 Å². The Morgan fingerprint density at radius 2 is 2.07 bits per heavy atom.